The Balaban J connectivity index is 1.31. The van der Waals surface area contributed by atoms with Crippen LogP contribution in [-0.2, 0) is 0 Å². The fourth-order valence-corrected chi connectivity index (χ4v) is 8.49. The monoisotopic (exact) mass is 670 g/mol. The molecule has 7 aromatic carbocycles. The highest BCUT2D eigenvalue weighted by Crippen LogP contribution is 2.43. The summed E-state index contributed by atoms with van der Waals surface area (Å²) in [6, 6.07) is 57.9. The lowest BCUT2D eigenvalue weighted by atomic mass is 9.96. The fraction of sp³-hybridized carbons (Fsp3) is 0.0217. The lowest BCUT2D eigenvalue weighted by molar-refractivity contribution is 1.06. The smallest absolute Gasteiger partial charge is 0.166 e. The van der Waals surface area contributed by atoms with Gasteiger partial charge < -0.3 is 4.57 Å². The van der Waals surface area contributed by atoms with Crippen LogP contribution in [0.1, 0.15) is 5.56 Å². The number of benzene rings is 7. The topological polar surface area (TPSA) is 43.6 Å². The van der Waals surface area contributed by atoms with Crippen molar-refractivity contribution in [3.8, 4) is 51.0 Å². The maximum Gasteiger partial charge on any atom is 0.166 e. The van der Waals surface area contributed by atoms with Crippen LogP contribution < -0.4 is 0 Å². The average molecular weight is 671 g/mol. The molecule has 0 radical (unpaired) electrons. The third kappa shape index (κ3) is 4.93. The molecule has 0 aliphatic carbocycles. The summed E-state index contributed by atoms with van der Waals surface area (Å²) >= 11 is 1.84. The van der Waals surface area contributed by atoms with Gasteiger partial charge in [0.1, 0.15) is 0 Å². The lowest BCUT2D eigenvalue weighted by Crippen LogP contribution is -2.04. The van der Waals surface area contributed by atoms with E-state index in [2.05, 4.69) is 139 Å². The van der Waals surface area contributed by atoms with Crippen molar-refractivity contribution in [2.24, 2.45) is 0 Å². The molecule has 0 saturated heterocycles. The summed E-state index contributed by atoms with van der Waals surface area (Å²) < 4.78 is 4.94. The maximum atomic E-state index is 5.25. The van der Waals surface area contributed by atoms with Crippen LogP contribution in [0.5, 0.6) is 0 Å². The quantitative estimate of drug-likeness (QED) is 0.183. The molecule has 0 atom stereocenters. The van der Waals surface area contributed by atoms with E-state index in [1.54, 1.807) is 0 Å². The maximum absolute atomic E-state index is 5.25. The van der Waals surface area contributed by atoms with Gasteiger partial charge in [0.2, 0.25) is 0 Å². The normalized spacial score (nSPS) is 11.6. The van der Waals surface area contributed by atoms with Crippen molar-refractivity contribution in [2.45, 2.75) is 6.92 Å². The highest BCUT2D eigenvalue weighted by Gasteiger charge is 2.21. The van der Waals surface area contributed by atoms with Crippen LogP contribution in [0, 0.1) is 6.92 Å². The highest BCUT2D eigenvalue weighted by atomic mass is 32.1. The van der Waals surface area contributed by atoms with Gasteiger partial charge in [-0.05, 0) is 60.0 Å². The predicted molar refractivity (Wildman–Crippen MR) is 214 cm³/mol. The minimum absolute atomic E-state index is 0.625. The number of rotatable bonds is 5. The number of hydrogen-bond donors (Lipinski definition) is 0. The van der Waals surface area contributed by atoms with Gasteiger partial charge in [0.25, 0.3) is 0 Å². The number of hydrogen-bond acceptors (Lipinski definition) is 4. The van der Waals surface area contributed by atoms with Crippen LogP contribution in [0.15, 0.2) is 164 Å². The molecule has 0 saturated carbocycles. The van der Waals surface area contributed by atoms with Crippen LogP contribution in [0.3, 0.4) is 0 Å². The molecule has 240 valence electrons. The molecule has 5 heteroatoms. The Labute approximate surface area is 299 Å². The first-order chi connectivity index (χ1) is 25.2. The van der Waals surface area contributed by atoms with Crippen LogP contribution in [-0.4, -0.2) is 19.5 Å². The van der Waals surface area contributed by atoms with Crippen LogP contribution >= 0.6 is 11.3 Å². The molecule has 3 heterocycles. The Morgan fingerprint density at radius 3 is 1.82 bits per heavy atom. The summed E-state index contributed by atoms with van der Waals surface area (Å²) in [5.41, 5.74) is 9.64. The van der Waals surface area contributed by atoms with Gasteiger partial charge in [0.05, 0.1) is 16.7 Å². The molecule has 3 aromatic heterocycles. The van der Waals surface area contributed by atoms with E-state index in [1.165, 1.54) is 42.1 Å². The Bertz CT molecular complexity index is 2870. The van der Waals surface area contributed by atoms with Gasteiger partial charge in [-0.15, -0.1) is 11.3 Å². The molecule has 10 aromatic rings. The number of para-hydroxylation sites is 1. The molecular formula is C46H30N4S. The Kier molecular flexibility index (Phi) is 6.86. The standard InChI is InChI=1S/C46H30N4S/c1-29-23-25-35-34-17-8-10-20-38(34)50(40(35)27-29)39-26-24-32(33-19-12-22-42-43(33)36-18-9-11-21-41(36)51-42)28-37(39)46-48-44(30-13-4-2-5-14-30)47-45(49-46)31-15-6-3-7-16-31/h2-28H,1H3. The van der Waals surface area contributed by atoms with Crippen LogP contribution in [0.2, 0.25) is 0 Å². The van der Waals surface area contributed by atoms with Crippen molar-refractivity contribution < 1.29 is 0 Å². The Morgan fingerprint density at radius 1 is 0.431 bits per heavy atom. The summed E-state index contributed by atoms with van der Waals surface area (Å²) in [6.07, 6.45) is 0. The van der Waals surface area contributed by atoms with Crippen molar-refractivity contribution >= 4 is 53.3 Å². The van der Waals surface area contributed by atoms with Gasteiger partial charge >= 0.3 is 0 Å². The summed E-state index contributed by atoms with van der Waals surface area (Å²) in [4.78, 5) is 15.5. The van der Waals surface area contributed by atoms with Gasteiger partial charge in [-0.25, -0.2) is 15.0 Å². The van der Waals surface area contributed by atoms with Crippen molar-refractivity contribution in [3.05, 3.63) is 169 Å². The highest BCUT2D eigenvalue weighted by molar-refractivity contribution is 7.25. The van der Waals surface area contributed by atoms with Crippen LogP contribution in [0.4, 0.5) is 0 Å². The molecule has 0 unspecified atom stereocenters. The molecule has 0 N–H and O–H groups in total. The van der Waals surface area contributed by atoms with E-state index in [0.29, 0.717) is 17.5 Å². The molecule has 0 amide bonds. The Hall–Kier alpha value is -6.43. The summed E-state index contributed by atoms with van der Waals surface area (Å²) in [6.45, 7) is 2.15. The van der Waals surface area contributed by atoms with E-state index in [9.17, 15) is 0 Å². The number of aromatic nitrogens is 4. The predicted octanol–water partition coefficient (Wildman–Crippen LogP) is 12.3. The third-order valence-electron chi connectivity index (χ3n) is 9.72. The molecule has 0 aliphatic heterocycles. The van der Waals surface area contributed by atoms with Crippen molar-refractivity contribution in [1.82, 2.24) is 19.5 Å². The second-order valence-corrected chi connectivity index (χ2v) is 14.0. The first-order valence-corrected chi connectivity index (χ1v) is 17.9. The van der Waals surface area contributed by atoms with E-state index in [4.69, 9.17) is 15.0 Å². The SMILES string of the molecule is Cc1ccc2c3ccccc3n(-c3ccc(-c4cccc5sc6ccccc6c45)cc3-c3nc(-c4ccccc4)nc(-c4ccccc4)n3)c2c1. The molecule has 0 aliphatic rings. The average Bonchev–Trinajstić information content (AvgIpc) is 3.73. The molecule has 0 fully saturated rings. The van der Waals surface area contributed by atoms with Crippen LogP contribution in [0.25, 0.3) is 93.0 Å². The number of aryl methyl sites for hydroxylation is 1. The van der Waals surface area contributed by atoms with E-state index in [0.717, 1.165) is 39.0 Å². The first-order valence-electron chi connectivity index (χ1n) is 17.1. The fourth-order valence-electron chi connectivity index (χ4n) is 7.36. The zero-order chi connectivity index (χ0) is 33.9. The molecule has 51 heavy (non-hydrogen) atoms. The van der Waals surface area contributed by atoms with E-state index in [1.807, 2.05) is 47.7 Å². The van der Waals surface area contributed by atoms with Gasteiger partial charge in [-0.3, -0.25) is 0 Å². The zero-order valence-corrected chi connectivity index (χ0v) is 28.6. The first kappa shape index (κ1) is 29.5. The van der Waals surface area contributed by atoms with Gasteiger partial charge in [-0.1, -0.05) is 127 Å². The second-order valence-electron chi connectivity index (χ2n) is 12.9. The van der Waals surface area contributed by atoms with Gasteiger partial charge in [-0.2, -0.15) is 0 Å². The minimum atomic E-state index is 0.625. The largest absolute Gasteiger partial charge is 0.308 e. The summed E-state index contributed by atoms with van der Waals surface area (Å²) in [7, 11) is 0. The lowest BCUT2D eigenvalue weighted by Gasteiger charge is -2.17. The summed E-state index contributed by atoms with van der Waals surface area (Å²) in [5, 5.41) is 4.97. The van der Waals surface area contributed by atoms with Gasteiger partial charge in [0.15, 0.2) is 17.5 Å². The number of nitrogens with zero attached hydrogens (tertiary/aromatic N) is 4. The molecular weight excluding hydrogens is 641 g/mol. The summed E-state index contributed by atoms with van der Waals surface area (Å²) in [5.74, 6) is 1.90. The number of thiophene rings is 1. The van der Waals surface area contributed by atoms with Crippen molar-refractivity contribution in [1.29, 1.82) is 0 Å². The van der Waals surface area contributed by atoms with E-state index in [-0.39, 0.29) is 0 Å². The second kappa shape index (κ2) is 11.9. The number of fused-ring (bicyclic) bond motifs is 6. The van der Waals surface area contributed by atoms with E-state index >= 15 is 0 Å². The minimum Gasteiger partial charge on any atom is -0.308 e. The third-order valence-corrected chi connectivity index (χ3v) is 10.9. The molecule has 0 bridgehead atoms. The molecule has 10 rings (SSSR count). The molecule has 4 nitrogen and oxygen atoms in total. The van der Waals surface area contributed by atoms with Gasteiger partial charge in [0, 0.05) is 47.6 Å². The Morgan fingerprint density at radius 2 is 1.06 bits per heavy atom. The van der Waals surface area contributed by atoms with Crippen molar-refractivity contribution in [2.75, 3.05) is 0 Å². The zero-order valence-electron chi connectivity index (χ0n) is 27.8. The molecule has 0 spiro atoms. The van der Waals surface area contributed by atoms with E-state index < -0.39 is 0 Å². The van der Waals surface area contributed by atoms with Crippen molar-refractivity contribution in [3.63, 3.8) is 0 Å².